The summed E-state index contributed by atoms with van der Waals surface area (Å²) < 4.78 is 4.78. The first-order valence-corrected chi connectivity index (χ1v) is 11.7. The van der Waals surface area contributed by atoms with Gasteiger partial charge in [0.15, 0.2) is 0 Å². The standard InChI is InChI=1S/C26H35N3O2/c1-3-14-27-15-12-22-7-10-25(19-23(22)13-16-27)29-18-17-28(20-29)24-8-4-21(5-9-24)6-11-26(30)31-2/h1,7,10,17-19,21,24H,4-6,8-9,11-16,20H2,2H3. The number of ether oxygens (including phenoxy) is 1. The lowest BCUT2D eigenvalue weighted by Gasteiger charge is -2.35. The molecule has 2 aliphatic heterocycles. The van der Waals surface area contributed by atoms with Crippen LogP contribution in [0.3, 0.4) is 0 Å². The van der Waals surface area contributed by atoms with E-state index in [1.54, 1.807) is 0 Å². The van der Waals surface area contributed by atoms with Crippen molar-refractivity contribution in [3.05, 3.63) is 41.7 Å². The zero-order chi connectivity index (χ0) is 21.6. The van der Waals surface area contributed by atoms with Gasteiger partial charge in [-0.05, 0) is 74.1 Å². The maximum Gasteiger partial charge on any atom is 0.305 e. The maximum absolute atomic E-state index is 11.4. The van der Waals surface area contributed by atoms with Crippen molar-refractivity contribution in [2.45, 2.75) is 57.4 Å². The third kappa shape index (κ3) is 5.43. The van der Waals surface area contributed by atoms with Gasteiger partial charge in [-0.2, -0.15) is 0 Å². The fourth-order valence-electron chi connectivity index (χ4n) is 5.25. The molecular formula is C26H35N3O2. The molecule has 0 N–H and O–H groups in total. The van der Waals surface area contributed by atoms with Crippen molar-refractivity contribution in [3.8, 4) is 12.3 Å². The minimum Gasteiger partial charge on any atom is -0.469 e. The van der Waals surface area contributed by atoms with Gasteiger partial charge in [-0.3, -0.25) is 9.69 Å². The molecular weight excluding hydrogens is 386 g/mol. The number of nitrogens with zero attached hydrogens (tertiary/aromatic N) is 3. The highest BCUT2D eigenvalue weighted by Gasteiger charge is 2.28. The van der Waals surface area contributed by atoms with Crippen LogP contribution in [-0.4, -0.2) is 55.2 Å². The molecule has 0 amide bonds. The Morgan fingerprint density at radius 2 is 1.90 bits per heavy atom. The number of fused-ring (bicyclic) bond motifs is 1. The average molecular weight is 422 g/mol. The van der Waals surface area contributed by atoms with Gasteiger partial charge >= 0.3 is 5.97 Å². The molecule has 0 saturated heterocycles. The number of carbonyl (C=O) groups is 1. The molecule has 0 atom stereocenters. The monoisotopic (exact) mass is 421 g/mol. The Morgan fingerprint density at radius 1 is 1.13 bits per heavy atom. The average Bonchev–Trinajstić information content (AvgIpc) is 3.21. The second kappa shape index (κ2) is 10.2. The van der Waals surface area contributed by atoms with Crippen LogP contribution in [0.4, 0.5) is 5.69 Å². The van der Waals surface area contributed by atoms with Crippen LogP contribution < -0.4 is 4.90 Å². The van der Waals surface area contributed by atoms with E-state index in [0.717, 1.165) is 45.6 Å². The third-order valence-electron chi connectivity index (χ3n) is 7.25. The number of hydrogen-bond acceptors (Lipinski definition) is 5. The first kappa shape index (κ1) is 21.8. The summed E-state index contributed by atoms with van der Waals surface area (Å²) in [6.07, 6.45) is 18.5. The van der Waals surface area contributed by atoms with E-state index in [2.05, 4.69) is 51.2 Å². The van der Waals surface area contributed by atoms with Crippen molar-refractivity contribution in [3.63, 3.8) is 0 Å². The van der Waals surface area contributed by atoms with Crippen LogP contribution in [0.25, 0.3) is 0 Å². The van der Waals surface area contributed by atoms with Crippen molar-refractivity contribution in [2.75, 3.05) is 38.3 Å². The number of carbonyl (C=O) groups excluding carboxylic acids is 1. The molecule has 1 saturated carbocycles. The molecule has 2 heterocycles. The van der Waals surface area contributed by atoms with E-state index in [1.165, 1.54) is 49.6 Å². The third-order valence-corrected chi connectivity index (χ3v) is 7.25. The van der Waals surface area contributed by atoms with Gasteiger partial charge < -0.3 is 14.5 Å². The van der Waals surface area contributed by atoms with Crippen molar-refractivity contribution in [2.24, 2.45) is 5.92 Å². The predicted octanol–water partition coefficient (Wildman–Crippen LogP) is 3.78. The topological polar surface area (TPSA) is 36.0 Å². The van der Waals surface area contributed by atoms with Gasteiger partial charge in [0.2, 0.25) is 0 Å². The maximum atomic E-state index is 11.4. The molecule has 0 aromatic heterocycles. The molecule has 0 radical (unpaired) electrons. The van der Waals surface area contributed by atoms with Crippen molar-refractivity contribution < 1.29 is 9.53 Å². The first-order valence-electron chi connectivity index (χ1n) is 11.7. The molecule has 166 valence electrons. The lowest BCUT2D eigenvalue weighted by atomic mass is 9.83. The largest absolute Gasteiger partial charge is 0.469 e. The number of benzene rings is 1. The molecule has 1 aromatic carbocycles. The summed E-state index contributed by atoms with van der Waals surface area (Å²) in [7, 11) is 1.48. The summed E-state index contributed by atoms with van der Waals surface area (Å²) in [5.41, 5.74) is 4.22. The van der Waals surface area contributed by atoms with E-state index in [9.17, 15) is 4.79 Å². The van der Waals surface area contributed by atoms with Crippen LogP contribution in [0, 0.1) is 18.3 Å². The summed E-state index contributed by atoms with van der Waals surface area (Å²) in [6.45, 7) is 3.77. The number of rotatable bonds is 6. The van der Waals surface area contributed by atoms with Crippen LogP contribution in [-0.2, 0) is 22.4 Å². The summed E-state index contributed by atoms with van der Waals surface area (Å²) in [5, 5.41) is 0. The minimum absolute atomic E-state index is 0.0789. The summed E-state index contributed by atoms with van der Waals surface area (Å²) in [4.78, 5) is 18.6. The number of terminal acetylenes is 1. The highest BCUT2D eigenvalue weighted by Crippen LogP contribution is 2.33. The van der Waals surface area contributed by atoms with Crippen molar-refractivity contribution in [1.82, 2.24) is 9.80 Å². The Morgan fingerprint density at radius 3 is 2.65 bits per heavy atom. The summed E-state index contributed by atoms with van der Waals surface area (Å²) in [5.74, 6) is 3.37. The molecule has 0 unspecified atom stereocenters. The Kier molecular flexibility index (Phi) is 7.19. The fraction of sp³-hybridized carbons (Fsp3) is 0.577. The fourth-order valence-corrected chi connectivity index (χ4v) is 5.25. The summed E-state index contributed by atoms with van der Waals surface area (Å²) >= 11 is 0. The second-order valence-electron chi connectivity index (χ2n) is 9.15. The van der Waals surface area contributed by atoms with Crippen LogP contribution in [0.5, 0.6) is 0 Å². The van der Waals surface area contributed by atoms with Crippen LogP contribution >= 0.6 is 0 Å². The Labute approximate surface area is 187 Å². The summed E-state index contributed by atoms with van der Waals surface area (Å²) in [6, 6.07) is 7.57. The molecule has 4 rings (SSSR count). The van der Waals surface area contributed by atoms with E-state index >= 15 is 0 Å². The molecule has 0 bridgehead atoms. The highest BCUT2D eigenvalue weighted by atomic mass is 16.5. The Balaban J connectivity index is 1.29. The zero-order valence-electron chi connectivity index (χ0n) is 18.8. The molecule has 0 spiro atoms. The number of esters is 1. The molecule has 5 heteroatoms. The van der Waals surface area contributed by atoms with E-state index in [4.69, 9.17) is 11.2 Å². The van der Waals surface area contributed by atoms with Crippen molar-refractivity contribution >= 4 is 11.7 Å². The van der Waals surface area contributed by atoms with E-state index < -0.39 is 0 Å². The first-order chi connectivity index (χ1) is 15.2. The molecule has 1 fully saturated rings. The molecule has 5 nitrogen and oxygen atoms in total. The van der Waals surface area contributed by atoms with Gasteiger partial charge in [0.05, 0.1) is 20.3 Å². The Bertz CT molecular complexity index is 836. The van der Waals surface area contributed by atoms with Crippen LogP contribution in [0.15, 0.2) is 30.6 Å². The van der Waals surface area contributed by atoms with Gasteiger partial charge in [-0.25, -0.2) is 0 Å². The van der Waals surface area contributed by atoms with Crippen molar-refractivity contribution in [1.29, 1.82) is 0 Å². The zero-order valence-corrected chi connectivity index (χ0v) is 18.8. The Hall–Kier alpha value is -2.45. The molecule has 1 aromatic rings. The van der Waals surface area contributed by atoms with Crippen LogP contribution in [0.1, 0.15) is 49.7 Å². The minimum atomic E-state index is -0.0789. The molecule has 1 aliphatic carbocycles. The van der Waals surface area contributed by atoms with Gasteiger partial charge in [-0.1, -0.05) is 12.0 Å². The molecule has 31 heavy (non-hydrogen) atoms. The number of methoxy groups -OCH3 is 1. The SMILES string of the molecule is C#CCN1CCc2ccc(N3C=CN(C4CCC(CCC(=O)OC)CC4)C3)cc2CC1. The second-order valence-corrected chi connectivity index (χ2v) is 9.15. The van der Waals surface area contributed by atoms with Gasteiger partial charge in [0, 0.05) is 43.6 Å². The lowest BCUT2D eigenvalue weighted by Crippen LogP contribution is -2.36. The predicted molar refractivity (Wildman–Crippen MR) is 124 cm³/mol. The van der Waals surface area contributed by atoms with E-state index in [0.29, 0.717) is 18.4 Å². The quantitative estimate of drug-likeness (QED) is 0.516. The molecule has 3 aliphatic rings. The van der Waals surface area contributed by atoms with Gasteiger partial charge in [-0.15, -0.1) is 6.42 Å². The van der Waals surface area contributed by atoms with Crippen LogP contribution in [0.2, 0.25) is 0 Å². The normalized spacial score (nSPS) is 23.9. The number of anilines is 1. The number of hydrogen-bond donors (Lipinski definition) is 0. The van der Waals surface area contributed by atoms with Gasteiger partial charge in [0.1, 0.15) is 0 Å². The van der Waals surface area contributed by atoms with E-state index in [1.807, 2.05) is 0 Å². The smallest absolute Gasteiger partial charge is 0.305 e. The van der Waals surface area contributed by atoms with E-state index in [-0.39, 0.29) is 5.97 Å². The van der Waals surface area contributed by atoms with Gasteiger partial charge in [0.25, 0.3) is 0 Å². The lowest BCUT2D eigenvalue weighted by molar-refractivity contribution is -0.141. The highest BCUT2D eigenvalue weighted by molar-refractivity contribution is 5.69.